The molecule has 1 atom stereocenters. The van der Waals surface area contributed by atoms with E-state index in [9.17, 15) is 9.59 Å². The third-order valence-electron chi connectivity index (χ3n) is 2.21. The minimum absolute atomic E-state index is 0.277. The molecule has 1 N–H and O–H groups in total. The number of hydrogen-bond acceptors (Lipinski definition) is 3. The number of carbonyl (C=O) groups is 2. The van der Waals surface area contributed by atoms with Crippen molar-refractivity contribution in [1.29, 1.82) is 0 Å². The van der Waals surface area contributed by atoms with Gasteiger partial charge in [0.2, 0.25) is 5.91 Å². The largest absolute Gasteiger partial charge is 0.465 e. The summed E-state index contributed by atoms with van der Waals surface area (Å²) in [4.78, 5) is 23.7. The second-order valence-corrected chi connectivity index (χ2v) is 5.23. The number of ether oxygens (including phenoxy) is 1. The molecule has 0 saturated carbocycles. The molecular weight excluding hydrogens is 218 g/mol. The zero-order valence-corrected chi connectivity index (χ0v) is 11.4. The Morgan fingerprint density at radius 1 is 1.35 bits per heavy atom. The SMILES string of the molecule is C=C(C)CNC(=O)C(C(=O)OCC)C(C)(C)C. The summed E-state index contributed by atoms with van der Waals surface area (Å²) < 4.78 is 4.94. The van der Waals surface area contributed by atoms with Gasteiger partial charge in [0.25, 0.3) is 0 Å². The first-order chi connectivity index (χ1) is 7.70. The predicted octanol–water partition coefficient (Wildman–Crippen LogP) is 1.90. The third-order valence-corrected chi connectivity index (χ3v) is 2.21. The summed E-state index contributed by atoms with van der Waals surface area (Å²) >= 11 is 0. The molecule has 0 aromatic rings. The molecule has 0 aliphatic carbocycles. The maximum absolute atomic E-state index is 12.0. The Bertz CT molecular complexity index is 302. The molecule has 4 heteroatoms. The van der Waals surface area contributed by atoms with Crippen LogP contribution in [-0.2, 0) is 14.3 Å². The van der Waals surface area contributed by atoms with Gasteiger partial charge in [0, 0.05) is 6.54 Å². The lowest BCUT2D eigenvalue weighted by molar-refractivity contribution is -0.156. The molecule has 0 aromatic heterocycles. The smallest absolute Gasteiger partial charge is 0.319 e. The third kappa shape index (κ3) is 5.52. The van der Waals surface area contributed by atoms with Gasteiger partial charge in [-0.1, -0.05) is 32.9 Å². The molecule has 0 fully saturated rings. The fourth-order valence-electron chi connectivity index (χ4n) is 1.42. The summed E-state index contributed by atoms with van der Waals surface area (Å²) in [5, 5.41) is 2.69. The van der Waals surface area contributed by atoms with E-state index >= 15 is 0 Å². The van der Waals surface area contributed by atoms with Gasteiger partial charge in [-0.15, -0.1) is 0 Å². The first-order valence-corrected chi connectivity index (χ1v) is 5.78. The first kappa shape index (κ1) is 15.7. The second kappa shape index (κ2) is 6.42. The summed E-state index contributed by atoms with van der Waals surface area (Å²) in [6, 6.07) is 0. The molecule has 98 valence electrons. The van der Waals surface area contributed by atoms with E-state index in [2.05, 4.69) is 11.9 Å². The quantitative estimate of drug-likeness (QED) is 0.454. The van der Waals surface area contributed by atoms with Crippen LogP contribution in [0, 0.1) is 11.3 Å². The Labute approximate surface area is 103 Å². The Morgan fingerprint density at radius 2 is 1.88 bits per heavy atom. The molecule has 0 aliphatic heterocycles. The van der Waals surface area contributed by atoms with E-state index in [1.165, 1.54) is 0 Å². The summed E-state index contributed by atoms with van der Waals surface area (Å²) in [6.45, 7) is 13.4. The van der Waals surface area contributed by atoms with E-state index in [0.717, 1.165) is 5.57 Å². The lowest BCUT2D eigenvalue weighted by Gasteiger charge is -2.27. The zero-order valence-electron chi connectivity index (χ0n) is 11.4. The number of esters is 1. The Hall–Kier alpha value is -1.32. The van der Waals surface area contributed by atoms with Gasteiger partial charge in [0.15, 0.2) is 0 Å². The summed E-state index contributed by atoms with van der Waals surface area (Å²) in [5.41, 5.74) is 0.376. The molecular formula is C13H23NO3. The topological polar surface area (TPSA) is 55.4 Å². The van der Waals surface area contributed by atoms with Gasteiger partial charge < -0.3 is 10.1 Å². The summed E-state index contributed by atoms with van der Waals surface area (Å²) in [6.07, 6.45) is 0. The van der Waals surface area contributed by atoms with Crippen molar-refractivity contribution in [3.05, 3.63) is 12.2 Å². The van der Waals surface area contributed by atoms with Crippen LogP contribution in [0.2, 0.25) is 0 Å². The average molecular weight is 241 g/mol. The lowest BCUT2D eigenvalue weighted by Crippen LogP contribution is -2.44. The van der Waals surface area contributed by atoms with Crippen LogP contribution in [0.3, 0.4) is 0 Å². The molecule has 1 unspecified atom stereocenters. The minimum Gasteiger partial charge on any atom is -0.465 e. The normalized spacial score (nSPS) is 12.8. The van der Waals surface area contributed by atoms with Crippen LogP contribution in [-0.4, -0.2) is 25.0 Å². The number of rotatable bonds is 5. The highest BCUT2D eigenvalue weighted by atomic mass is 16.5. The Morgan fingerprint density at radius 3 is 2.24 bits per heavy atom. The van der Waals surface area contributed by atoms with Gasteiger partial charge in [-0.25, -0.2) is 0 Å². The van der Waals surface area contributed by atoms with Gasteiger partial charge >= 0.3 is 5.97 Å². The van der Waals surface area contributed by atoms with E-state index in [0.29, 0.717) is 6.54 Å². The molecule has 0 aromatic carbocycles. The minimum atomic E-state index is -0.790. The Balaban J connectivity index is 4.75. The molecule has 0 rings (SSSR count). The standard InChI is InChI=1S/C13H23NO3/c1-7-17-12(16)10(13(4,5)6)11(15)14-8-9(2)3/h10H,2,7-8H2,1,3-6H3,(H,14,15). The number of carbonyl (C=O) groups excluding carboxylic acids is 2. The number of nitrogens with one attached hydrogen (secondary N) is 1. The molecule has 0 saturated heterocycles. The first-order valence-electron chi connectivity index (χ1n) is 5.78. The van der Waals surface area contributed by atoms with Crippen LogP contribution in [0.5, 0.6) is 0 Å². The molecule has 0 spiro atoms. The average Bonchev–Trinajstić information content (AvgIpc) is 2.12. The highest BCUT2D eigenvalue weighted by Crippen LogP contribution is 2.27. The van der Waals surface area contributed by atoms with Gasteiger partial charge in [-0.2, -0.15) is 0 Å². The Kier molecular flexibility index (Phi) is 5.93. The van der Waals surface area contributed by atoms with Crippen molar-refractivity contribution in [2.75, 3.05) is 13.2 Å². The molecule has 0 aliphatic rings. The van der Waals surface area contributed by atoms with Gasteiger partial charge in [0.05, 0.1) is 6.61 Å². The molecule has 0 radical (unpaired) electrons. The van der Waals surface area contributed by atoms with E-state index in [1.54, 1.807) is 6.92 Å². The van der Waals surface area contributed by atoms with E-state index in [1.807, 2.05) is 27.7 Å². The van der Waals surface area contributed by atoms with Crippen molar-refractivity contribution in [1.82, 2.24) is 5.32 Å². The second-order valence-electron chi connectivity index (χ2n) is 5.23. The molecule has 0 heterocycles. The van der Waals surface area contributed by atoms with Crippen molar-refractivity contribution in [3.8, 4) is 0 Å². The van der Waals surface area contributed by atoms with Crippen molar-refractivity contribution < 1.29 is 14.3 Å². The van der Waals surface area contributed by atoms with Crippen molar-refractivity contribution >= 4 is 11.9 Å². The van der Waals surface area contributed by atoms with Crippen LogP contribution in [0.4, 0.5) is 0 Å². The summed E-state index contributed by atoms with van der Waals surface area (Å²) in [5.74, 6) is -1.57. The van der Waals surface area contributed by atoms with Gasteiger partial charge in [0.1, 0.15) is 5.92 Å². The maximum atomic E-state index is 12.0. The maximum Gasteiger partial charge on any atom is 0.319 e. The highest BCUT2D eigenvalue weighted by molar-refractivity contribution is 5.98. The number of amides is 1. The van der Waals surface area contributed by atoms with E-state index in [-0.39, 0.29) is 12.5 Å². The zero-order chi connectivity index (χ0) is 13.6. The van der Waals surface area contributed by atoms with Gasteiger partial charge in [-0.05, 0) is 19.3 Å². The van der Waals surface area contributed by atoms with E-state index < -0.39 is 17.3 Å². The van der Waals surface area contributed by atoms with Crippen LogP contribution >= 0.6 is 0 Å². The van der Waals surface area contributed by atoms with Crippen LogP contribution < -0.4 is 5.32 Å². The lowest BCUT2D eigenvalue weighted by atomic mass is 9.80. The molecule has 4 nitrogen and oxygen atoms in total. The molecule has 0 bridgehead atoms. The molecule has 17 heavy (non-hydrogen) atoms. The van der Waals surface area contributed by atoms with E-state index in [4.69, 9.17) is 4.74 Å². The van der Waals surface area contributed by atoms with Crippen molar-refractivity contribution in [3.63, 3.8) is 0 Å². The highest BCUT2D eigenvalue weighted by Gasteiger charge is 2.38. The van der Waals surface area contributed by atoms with Crippen LogP contribution in [0.1, 0.15) is 34.6 Å². The molecule has 1 amide bonds. The van der Waals surface area contributed by atoms with Crippen LogP contribution in [0.25, 0.3) is 0 Å². The van der Waals surface area contributed by atoms with Crippen molar-refractivity contribution in [2.45, 2.75) is 34.6 Å². The fourth-order valence-corrected chi connectivity index (χ4v) is 1.42. The monoisotopic (exact) mass is 241 g/mol. The number of hydrogen-bond donors (Lipinski definition) is 1. The van der Waals surface area contributed by atoms with Gasteiger partial charge in [-0.3, -0.25) is 9.59 Å². The fraction of sp³-hybridized carbons (Fsp3) is 0.692. The predicted molar refractivity (Wildman–Crippen MR) is 67.4 cm³/mol. The van der Waals surface area contributed by atoms with Crippen LogP contribution in [0.15, 0.2) is 12.2 Å². The summed E-state index contributed by atoms with van der Waals surface area (Å²) in [7, 11) is 0. The van der Waals surface area contributed by atoms with Crippen molar-refractivity contribution in [2.24, 2.45) is 11.3 Å².